The lowest BCUT2D eigenvalue weighted by Gasteiger charge is -2.38. The molecule has 1 saturated heterocycles. The number of alkyl halides is 2. The molecule has 0 radical (unpaired) electrons. The highest BCUT2D eigenvalue weighted by Crippen LogP contribution is 2.40. The van der Waals surface area contributed by atoms with Crippen molar-refractivity contribution in [2.45, 2.75) is 64.0 Å². The summed E-state index contributed by atoms with van der Waals surface area (Å²) in [7, 11) is 0. The zero-order chi connectivity index (χ0) is 22.4. The highest BCUT2D eigenvalue weighted by atomic mass is 19.3. The van der Waals surface area contributed by atoms with E-state index in [9.17, 15) is 17.6 Å². The predicted molar refractivity (Wildman–Crippen MR) is 107 cm³/mol. The number of hydrogen-bond acceptors (Lipinski definition) is 4. The van der Waals surface area contributed by atoms with Gasteiger partial charge in [0.25, 0.3) is 0 Å². The Morgan fingerprint density at radius 1 is 1.10 bits per heavy atom. The number of hydrogen-bond donors (Lipinski definition) is 0. The van der Waals surface area contributed by atoms with Gasteiger partial charge in [0.1, 0.15) is 0 Å². The highest BCUT2D eigenvalue weighted by Gasteiger charge is 2.42. The SMILES string of the molecule is C=CCCC1COC(C2CCC(OC(F)(F)c3ccc(OCC)c(F)c3F)CC2)OC1. The maximum atomic E-state index is 14.6. The number of halogens is 4. The number of ether oxygens (including phenoxy) is 4. The molecule has 0 N–H and O–H groups in total. The molecule has 1 heterocycles. The van der Waals surface area contributed by atoms with Crippen LogP contribution in [-0.2, 0) is 20.3 Å². The van der Waals surface area contributed by atoms with Crippen LogP contribution in [0.25, 0.3) is 0 Å². The van der Waals surface area contributed by atoms with Crippen molar-refractivity contribution >= 4 is 0 Å². The van der Waals surface area contributed by atoms with Crippen LogP contribution >= 0.6 is 0 Å². The van der Waals surface area contributed by atoms with Crippen molar-refractivity contribution in [1.29, 1.82) is 0 Å². The zero-order valence-electron chi connectivity index (χ0n) is 17.8. The van der Waals surface area contributed by atoms with Crippen molar-refractivity contribution in [3.05, 3.63) is 42.0 Å². The van der Waals surface area contributed by atoms with E-state index in [1.54, 1.807) is 6.92 Å². The predicted octanol–water partition coefficient (Wildman–Crippen LogP) is 5.94. The molecule has 3 rings (SSSR count). The second-order valence-electron chi connectivity index (χ2n) is 8.11. The fourth-order valence-corrected chi connectivity index (χ4v) is 4.13. The Morgan fingerprint density at radius 3 is 2.39 bits per heavy atom. The molecular weight excluding hydrogens is 416 g/mol. The monoisotopic (exact) mass is 446 g/mol. The third kappa shape index (κ3) is 5.99. The first-order valence-electron chi connectivity index (χ1n) is 10.9. The van der Waals surface area contributed by atoms with Gasteiger partial charge in [-0.1, -0.05) is 6.08 Å². The number of allylic oxidation sites excluding steroid dienone is 1. The van der Waals surface area contributed by atoms with Gasteiger partial charge in [-0.25, -0.2) is 4.39 Å². The maximum absolute atomic E-state index is 14.6. The largest absolute Gasteiger partial charge is 0.491 e. The van der Waals surface area contributed by atoms with E-state index >= 15 is 0 Å². The smallest absolute Gasteiger partial charge is 0.386 e. The molecule has 0 spiro atoms. The van der Waals surface area contributed by atoms with E-state index in [0.717, 1.165) is 25.0 Å². The molecule has 1 aliphatic heterocycles. The normalized spacial score (nSPS) is 27.1. The minimum Gasteiger partial charge on any atom is -0.491 e. The first-order chi connectivity index (χ1) is 14.9. The fraction of sp³-hybridized carbons (Fsp3) is 0.652. The van der Waals surface area contributed by atoms with Crippen molar-refractivity contribution in [3.8, 4) is 5.75 Å². The maximum Gasteiger partial charge on any atom is 0.386 e. The molecule has 174 valence electrons. The second kappa shape index (κ2) is 10.8. The first kappa shape index (κ1) is 24.0. The van der Waals surface area contributed by atoms with Gasteiger partial charge < -0.3 is 18.9 Å². The van der Waals surface area contributed by atoms with Crippen LogP contribution in [0.5, 0.6) is 5.75 Å². The molecule has 0 unspecified atom stereocenters. The van der Waals surface area contributed by atoms with Gasteiger partial charge in [-0.15, -0.1) is 6.58 Å². The molecule has 8 heteroatoms. The first-order valence-corrected chi connectivity index (χ1v) is 10.9. The summed E-state index contributed by atoms with van der Waals surface area (Å²) in [6, 6.07) is 1.80. The standard InChI is InChI=1S/C23H30F4O4/c1-3-5-6-15-13-29-22(30-14-15)16-7-9-17(10-8-16)31-23(26,27)18-11-12-19(28-4-2)21(25)20(18)24/h3,11-12,15-17,22H,1,4-10,13-14H2,2H3. The van der Waals surface area contributed by atoms with E-state index in [-0.39, 0.29) is 18.8 Å². The van der Waals surface area contributed by atoms with Gasteiger partial charge in [-0.3, -0.25) is 0 Å². The topological polar surface area (TPSA) is 36.9 Å². The average molecular weight is 446 g/mol. The summed E-state index contributed by atoms with van der Waals surface area (Å²) in [6.45, 7) is 6.64. The quantitative estimate of drug-likeness (QED) is 0.347. The molecule has 1 saturated carbocycles. The minimum absolute atomic E-state index is 0.0930. The molecule has 1 aliphatic carbocycles. The van der Waals surface area contributed by atoms with Crippen molar-refractivity contribution < 1.29 is 36.5 Å². The van der Waals surface area contributed by atoms with Gasteiger partial charge >= 0.3 is 6.11 Å². The lowest BCUT2D eigenvalue weighted by atomic mass is 9.86. The Labute approximate surface area is 180 Å². The summed E-state index contributed by atoms with van der Waals surface area (Å²) in [4.78, 5) is 0. The molecule has 2 fully saturated rings. The van der Waals surface area contributed by atoms with Gasteiger partial charge in [0.2, 0.25) is 5.82 Å². The second-order valence-corrected chi connectivity index (χ2v) is 8.11. The summed E-state index contributed by atoms with van der Waals surface area (Å²) in [6.07, 6.45) is 0.649. The van der Waals surface area contributed by atoms with Crippen LogP contribution < -0.4 is 4.74 Å². The molecule has 0 bridgehead atoms. The number of rotatable bonds is 9. The highest BCUT2D eigenvalue weighted by molar-refractivity contribution is 5.32. The molecule has 0 aromatic heterocycles. The minimum atomic E-state index is -3.94. The van der Waals surface area contributed by atoms with Crippen molar-refractivity contribution in [1.82, 2.24) is 0 Å². The Bertz CT molecular complexity index is 727. The van der Waals surface area contributed by atoms with Gasteiger partial charge in [-0.2, -0.15) is 13.2 Å². The average Bonchev–Trinajstić information content (AvgIpc) is 2.76. The molecule has 1 aromatic rings. The van der Waals surface area contributed by atoms with Crippen LogP contribution in [-0.4, -0.2) is 32.2 Å². The van der Waals surface area contributed by atoms with Gasteiger partial charge in [0.15, 0.2) is 17.9 Å². The van der Waals surface area contributed by atoms with Crippen molar-refractivity contribution in [2.24, 2.45) is 11.8 Å². The summed E-state index contributed by atoms with van der Waals surface area (Å²) in [5, 5.41) is 0. The van der Waals surface area contributed by atoms with E-state index < -0.39 is 35.2 Å². The summed E-state index contributed by atoms with van der Waals surface area (Å²) >= 11 is 0. The Morgan fingerprint density at radius 2 is 1.77 bits per heavy atom. The summed E-state index contributed by atoms with van der Waals surface area (Å²) < 4.78 is 78.8. The molecular formula is C23H30F4O4. The van der Waals surface area contributed by atoms with Crippen LogP contribution in [0, 0.1) is 23.5 Å². The van der Waals surface area contributed by atoms with E-state index in [1.807, 2.05) is 6.08 Å². The van der Waals surface area contributed by atoms with Crippen LogP contribution in [0.4, 0.5) is 17.6 Å². The molecule has 0 atom stereocenters. The van der Waals surface area contributed by atoms with Gasteiger partial charge in [0, 0.05) is 11.8 Å². The zero-order valence-corrected chi connectivity index (χ0v) is 17.8. The van der Waals surface area contributed by atoms with Crippen LogP contribution in [0.15, 0.2) is 24.8 Å². The molecule has 2 aliphatic rings. The van der Waals surface area contributed by atoms with Crippen molar-refractivity contribution in [3.63, 3.8) is 0 Å². The van der Waals surface area contributed by atoms with E-state index in [0.29, 0.717) is 44.8 Å². The molecule has 4 nitrogen and oxygen atoms in total. The Hall–Kier alpha value is -1.64. The van der Waals surface area contributed by atoms with E-state index in [2.05, 4.69) is 6.58 Å². The van der Waals surface area contributed by atoms with Gasteiger partial charge in [-0.05, 0) is 57.6 Å². The van der Waals surface area contributed by atoms with Gasteiger partial charge in [0.05, 0.1) is 31.5 Å². The van der Waals surface area contributed by atoms with Crippen LogP contribution in [0.1, 0.15) is 51.0 Å². The Balaban J connectivity index is 1.51. The summed E-state index contributed by atoms with van der Waals surface area (Å²) in [5.74, 6) is -3.05. The number of benzene rings is 1. The fourth-order valence-electron chi connectivity index (χ4n) is 4.13. The molecule has 31 heavy (non-hydrogen) atoms. The van der Waals surface area contributed by atoms with Crippen molar-refractivity contribution in [2.75, 3.05) is 19.8 Å². The molecule has 0 amide bonds. The van der Waals surface area contributed by atoms with E-state index in [4.69, 9.17) is 18.9 Å². The molecule has 1 aromatic carbocycles. The van der Waals surface area contributed by atoms with E-state index in [1.165, 1.54) is 0 Å². The van der Waals surface area contributed by atoms with Crippen LogP contribution in [0.3, 0.4) is 0 Å². The third-order valence-electron chi connectivity index (χ3n) is 5.85. The Kier molecular flexibility index (Phi) is 8.36. The van der Waals surface area contributed by atoms with Crippen LogP contribution in [0.2, 0.25) is 0 Å². The lowest BCUT2D eigenvalue weighted by molar-refractivity contribution is -0.284. The third-order valence-corrected chi connectivity index (χ3v) is 5.85. The summed E-state index contributed by atoms with van der Waals surface area (Å²) in [5.41, 5.74) is -1.12. The lowest BCUT2D eigenvalue weighted by Crippen LogP contribution is -2.40.